The number of carboxylic acids is 1. The van der Waals surface area contributed by atoms with Crippen molar-refractivity contribution in [2.24, 2.45) is 0 Å². The van der Waals surface area contributed by atoms with E-state index in [0.29, 0.717) is 11.6 Å². The average Bonchev–Trinajstić information content (AvgIpc) is 2.36. The van der Waals surface area contributed by atoms with E-state index >= 15 is 0 Å². The number of hydrogen-bond donors (Lipinski definition) is 2. The Bertz CT molecular complexity index is 558. The Morgan fingerprint density at radius 1 is 1.19 bits per heavy atom. The molecule has 0 aliphatic rings. The Labute approximate surface area is 122 Å². The molecule has 0 aliphatic carbocycles. The lowest BCUT2D eigenvalue weighted by Crippen LogP contribution is -2.44. The fourth-order valence-corrected chi connectivity index (χ4v) is 1.67. The number of halogens is 1. The van der Waals surface area contributed by atoms with Gasteiger partial charge in [-0.2, -0.15) is 0 Å². The highest BCUT2D eigenvalue weighted by Gasteiger charge is 2.26. The maximum Gasteiger partial charge on any atom is 0.371 e. The van der Waals surface area contributed by atoms with Gasteiger partial charge in [0.1, 0.15) is 5.82 Å². The quantitative estimate of drug-likeness (QED) is 0.661. The molecule has 0 aliphatic heterocycles. The number of rotatable bonds is 4. The number of nitrogens with zero attached hydrogens (tertiary/aromatic N) is 1. The van der Waals surface area contributed by atoms with E-state index in [1.165, 1.54) is 17.0 Å². The molecule has 0 aromatic heterocycles. The molecule has 6 heteroatoms. The molecule has 1 rings (SSSR count). The lowest BCUT2D eigenvalue weighted by molar-refractivity contribution is -0.137. The fraction of sp³-hybridized carbons (Fsp3) is 0.333. The first-order valence-corrected chi connectivity index (χ1v) is 6.31. The number of aliphatic hydroxyl groups is 1. The topological polar surface area (TPSA) is 77.8 Å². The van der Waals surface area contributed by atoms with E-state index in [1.807, 2.05) is 0 Å². The van der Waals surface area contributed by atoms with Gasteiger partial charge in [0.2, 0.25) is 5.76 Å². The zero-order valence-electron chi connectivity index (χ0n) is 12.1. The molecule has 1 aromatic rings. The van der Waals surface area contributed by atoms with Gasteiger partial charge in [-0.15, -0.1) is 0 Å². The van der Waals surface area contributed by atoms with E-state index in [4.69, 9.17) is 5.11 Å². The molecule has 2 N–H and O–H groups in total. The molecule has 0 bridgehead atoms. The normalized spacial score (nSPS) is 12.1. The van der Waals surface area contributed by atoms with Gasteiger partial charge in [0.25, 0.3) is 5.91 Å². The molecule has 0 saturated heterocycles. The summed E-state index contributed by atoms with van der Waals surface area (Å²) < 4.78 is 12.9. The molecule has 0 saturated carbocycles. The van der Waals surface area contributed by atoms with E-state index in [9.17, 15) is 19.1 Å². The van der Waals surface area contributed by atoms with Crippen molar-refractivity contribution in [2.75, 3.05) is 0 Å². The van der Waals surface area contributed by atoms with Gasteiger partial charge in [-0.1, -0.05) is 12.1 Å². The number of benzene rings is 1. The summed E-state index contributed by atoms with van der Waals surface area (Å²) >= 11 is 0. The first-order chi connectivity index (χ1) is 9.61. The summed E-state index contributed by atoms with van der Waals surface area (Å²) in [6, 6.07) is 5.65. The predicted molar refractivity (Wildman–Crippen MR) is 75.1 cm³/mol. The zero-order valence-corrected chi connectivity index (χ0v) is 12.1. The van der Waals surface area contributed by atoms with Crippen molar-refractivity contribution in [3.63, 3.8) is 0 Å². The fourth-order valence-electron chi connectivity index (χ4n) is 1.67. The van der Waals surface area contributed by atoms with Crippen LogP contribution in [0.1, 0.15) is 26.3 Å². The summed E-state index contributed by atoms with van der Waals surface area (Å²) in [6.07, 6.45) is 0.664. The number of carbonyl (C=O) groups is 2. The van der Waals surface area contributed by atoms with Crippen LogP contribution in [-0.4, -0.2) is 32.5 Å². The van der Waals surface area contributed by atoms with Gasteiger partial charge in [-0.05, 0) is 38.5 Å². The summed E-state index contributed by atoms with van der Waals surface area (Å²) in [6.45, 7) is 5.51. The van der Waals surface area contributed by atoms with E-state index in [1.54, 1.807) is 32.9 Å². The SMILES string of the molecule is CC(C)(C)N(Cc1ccc(F)cc1)C(=O)C=C(O)C(=O)O. The second-order valence-corrected chi connectivity index (χ2v) is 5.56. The molecular weight excluding hydrogens is 277 g/mol. The predicted octanol–water partition coefficient (Wildman–Crippen LogP) is 2.48. The monoisotopic (exact) mass is 295 g/mol. The van der Waals surface area contributed by atoms with Crippen molar-refractivity contribution >= 4 is 11.9 Å². The van der Waals surface area contributed by atoms with Crippen molar-refractivity contribution < 1.29 is 24.2 Å². The van der Waals surface area contributed by atoms with E-state index in [2.05, 4.69) is 0 Å². The molecule has 21 heavy (non-hydrogen) atoms. The van der Waals surface area contributed by atoms with Gasteiger partial charge in [-0.3, -0.25) is 4.79 Å². The Hall–Kier alpha value is -2.37. The van der Waals surface area contributed by atoms with E-state index < -0.39 is 23.2 Å². The first kappa shape index (κ1) is 16.7. The number of aliphatic carboxylic acids is 1. The molecule has 0 unspecified atom stereocenters. The Morgan fingerprint density at radius 3 is 2.14 bits per heavy atom. The molecule has 1 aromatic carbocycles. The molecule has 5 nitrogen and oxygen atoms in total. The van der Waals surface area contributed by atoms with Crippen LogP contribution in [0.4, 0.5) is 4.39 Å². The van der Waals surface area contributed by atoms with Crippen LogP contribution in [0.3, 0.4) is 0 Å². The highest BCUT2D eigenvalue weighted by atomic mass is 19.1. The van der Waals surface area contributed by atoms with Crippen LogP contribution in [0.25, 0.3) is 0 Å². The minimum Gasteiger partial charge on any atom is -0.502 e. The number of hydrogen-bond acceptors (Lipinski definition) is 3. The van der Waals surface area contributed by atoms with Gasteiger partial charge < -0.3 is 15.1 Å². The summed E-state index contributed by atoms with van der Waals surface area (Å²) in [7, 11) is 0. The third kappa shape index (κ3) is 4.91. The largest absolute Gasteiger partial charge is 0.502 e. The first-order valence-electron chi connectivity index (χ1n) is 6.31. The third-order valence-electron chi connectivity index (χ3n) is 2.81. The number of carbonyl (C=O) groups excluding carboxylic acids is 1. The van der Waals surface area contributed by atoms with Gasteiger partial charge in [-0.25, -0.2) is 9.18 Å². The minimum atomic E-state index is -1.57. The van der Waals surface area contributed by atoms with Crippen molar-refractivity contribution in [1.82, 2.24) is 4.90 Å². The van der Waals surface area contributed by atoms with Gasteiger partial charge >= 0.3 is 5.97 Å². The van der Waals surface area contributed by atoms with Crippen LogP contribution in [-0.2, 0) is 16.1 Å². The summed E-state index contributed by atoms with van der Waals surface area (Å²) in [5.41, 5.74) is 0.101. The molecule has 1 amide bonds. The van der Waals surface area contributed by atoms with E-state index in [0.717, 1.165) is 0 Å². The molecule has 114 valence electrons. The standard InChI is InChI=1S/C15H18FNO4/c1-15(2,3)17(13(19)8-12(18)14(20)21)9-10-4-6-11(16)7-5-10/h4-8,18H,9H2,1-3H3,(H,20,21). The maximum absolute atomic E-state index is 12.9. The lowest BCUT2D eigenvalue weighted by Gasteiger charge is -2.35. The maximum atomic E-state index is 12.9. The van der Waals surface area contributed by atoms with Gasteiger partial charge in [0.05, 0.1) is 6.08 Å². The van der Waals surface area contributed by atoms with Crippen molar-refractivity contribution in [3.8, 4) is 0 Å². The van der Waals surface area contributed by atoms with Crippen LogP contribution in [0, 0.1) is 5.82 Å². The number of amides is 1. The van der Waals surface area contributed by atoms with Crippen molar-refractivity contribution in [2.45, 2.75) is 32.9 Å². The highest BCUT2D eigenvalue weighted by Crippen LogP contribution is 2.18. The molecule has 0 fully saturated rings. The summed E-state index contributed by atoms with van der Waals surface area (Å²) in [4.78, 5) is 24.1. The Balaban J connectivity index is 3.02. The van der Waals surface area contributed by atoms with Gasteiger partial charge in [0.15, 0.2) is 0 Å². The zero-order chi connectivity index (χ0) is 16.2. The Morgan fingerprint density at radius 2 is 1.71 bits per heavy atom. The van der Waals surface area contributed by atoms with Crippen LogP contribution in [0.2, 0.25) is 0 Å². The highest BCUT2D eigenvalue weighted by molar-refractivity contribution is 5.96. The third-order valence-corrected chi connectivity index (χ3v) is 2.81. The van der Waals surface area contributed by atoms with Crippen molar-refractivity contribution in [1.29, 1.82) is 0 Å². The van der Waals surface area contributed by atoms with Crippen molar-refractivity contribution in [3.05, 3.63) is 47.5 Å². The average molecular weight is 295 g/mol. The number of aliphatic hydroxyl groups excluding tert-OH is 1. The number of carboxylic acid groups (broad SMARTS) is 1. The van der Waals surface area contributed by atoms with Crippen LogP contribution in [0.15, 0.2) is 36.1 Å². The molecule has 0 heterocycles. The van der Waals surface area contributed by atoms with Crippen LogP contribution < -0.4 is 0 Å². The van der Waals surface area contributed by atoms with Crippen LogP contribution >= 0.6 is 0 Å². The Kier molecular flexibility index (Phi) is 5.07. The van der Waals surface area contributed by atoms with Gasteiger partial charge in [0, 0.05) is 12.1 Å². The molecule has 0 spiro atoms. The summed E-state index contributed by atoms with van der Waals surface area (Å²) in [5.74, 6) is -3.60. The second-order valence-electron chi connectivity index (χ2n) is 5.56. The second kappa shape index (κ2) is 6.39. The van der Waals surface area contributed by atoms with E-state index in [-0.39, 0.29) is 12.4 Å². The molecule has 0 radical (unpaired) electrons. The minimum absolute atomic E-state index is 0.173. The lowest BCUT2D eigenvalue weighted by atomic mass is 10.0. The molecular formula is C15H18FNO4. The summed E-state index contributed by atoms with van der Waals surface area (Å²) in [5, 5.41) is 17.8. The van der Waals surface area contributed by atoms with Crippen LogP contribution in [0.5, 0.6) is 0 Å². The molecule has 0 atom stereocenters. The smallest absolute Gasteiger partial charge is 0.371 e.